The lowest BCUT2D eigenvalue weighted by Gasteiger charge is -2.10. The first-order valence-corrected chi connectivity index (χ1v) is 6.50. The smallest absolute Gasteiger partial charge is 0.372 e. The van der Waals surface area contributed by atoms with Gasteiger partial charge in [-0.2, -0.15) is 13.2 Å². The summed E-state index contributed by atoms with van der Waals surface area (Å²) in [7, 11) is 0. The van der Waals surface area contributed by atoms with Crippen LogP contribution >= 0.6 is 0 Å². The molecule has 0 aliphatic heterocycles. The van der Waals surface area contributed by atoms with Crippen molar-refractivity contribution < 1.29 is 17.9 Å². The van der Waals surface area contributed by atoms with Gasteiger partial charge < -0.3 is 15.0 Å². The Kier molecular flexibility index (Phi) is 6.63. The summed E-state index contributed by atoms with van der Waals surface area (Å²) in [5.41, 5.74) is 4.42. The summed E-state index contributed by atoms with van der Waals surface area (Å²) in [5.74, 6) is 0. The fourth-order valence-electron chi connectivity index (χ4n) is 1.71. The lowest BCUT2D eigenvalue weighted by atomic mass is 10.4. The van der Waals surface area contributed by atoms with Gasteiger partial charge in [-0.05, 0) is 19.4 Å². The molecule has 2 N–H and O–H groups in total. The fraction of sp³-hybridized carbons (Fsp3) is 0.667. The second-order valence-electron chi connectivity index (χ2n) is 4.45. The van der Waals surface area contributed by atoms with Crippen LogP contribution in [0.1, 0.15) is 12.8 Å². The topological polar surface area (TPSA) is 79.2 Å². The van der Waals surface area contributed by atoms with E-state index in [1.54, 1.807) is 0 Å². The van der Waals surface area contributed by atoms with Crippen LogP contribution in [0.3, 0.4) is 0 Å². The number of alkyl halides is 3. The van der Waals surface area contributed by atoms with Crippen molar-refractivity contribution in [3.63, 3.8) is 0 Å². The van der Waals surface area contributed by atoms with E-state index < -0.39 is 24.0 Å². The highest BCUT2D eigenvalue weighted by Crippen LogP contribution is 2.14. The Balaban J connectivity index is 2.56. The zero-order valence-electron chi connectivity index (χ0n) is 11.4. The van der Waals surface area contributed by atoms with E-state index in [-0.39, 0.29) is 26.1 Å². The van der Waals surface area contributed by atoms with Crippen molar-refractivity contribution >= 4 is 0 Å². The minimum Gasteiger partial charge on any atom is -0.372 e. The van der Waals surface area contributed by atoms with Gasteiger partial charge >= 0.3 is 11.9 Å². The highest BCUT2D eigenvalue weighted by molar-refractivity contribution is 4.86. The van der Waals surface area contributed by atoms with Gasteiger partial charge in [0.25, 0.3) is 5.56 Å². The Morgan fingerprint density at radius 3 is 2.52 bits per heavy atom. The first-order valence-electron chi connectivity index (χ1n) is 6.50. The Morgan fingerprint density at radius 1 is 1.19 bits per heavy atom. The summed E-state index contributed by atoms with van der Waals surface area (Å²) in [5, 5.41) is 0. The molecule has 1 rings (SSSR count). The van der Waals surface area contributed by atoms with Crippen LogP contribution in [0.4, 0.5) is 13.2 Å². The third-order valence-corrected chi connectivity index (χ3v) is 2.68. The molecule has 0 amide bonds. The van der Waals surface area contributed by atoms with Gasteiger partial charge in [-0.1, -0.05) is 0 Å². The second kappa shape index (κ2) is 7.99. The molecule has 9 heteroatoms. The summed E-state index contributed by atoms with van der Waals surface area (Å²) in [6.45, 7) is -0.670. The van der Waals surface area contributed by atoms with Crippen molar-refractivity contribution in [1.29, 1.82) is 0 Å². The molecular weight excluding hydrogens is 291 g/mol. The number of hydrogen-bond acceptors (Lipinski definition) is 4. The van der Waals surface area contributed by atoms with Gasteiger partial charge in [-0.15, -0.1) is 0 Å². The summed E-state index contributed by atoms with van der Waals surface area (Å²) in [6, 6.07) is 1.24. The number of aryl methyl sites for hydroxylation is 1. The van der Waals surface area contributed by atoms with Gasteiger partial charge in [-0.3, -0.25) is 9.36 Å². The molecular formula is C12H18F3N3O3. The summed E-state index contributed by atoms with van der Waals surface area (Å²) < 4.78 is 42.4. The molecule has 120 valence electrons. The van der Waals surface area contributed by atoms with Crippen LogP contribution in [-0.4, -0.2) is 35.1 Å². The Hall–Kier alpha value is -1.61. The van der Waals surface area contributed by atoms with Crippen LogP contribution in [0.25, 0.3) is 0 Å². The van der Waals surface area contributed by atoms with Crippen molar-refractivity contribution in [1.82, 2.24) is 9.13 Å². The van der Waals surface area contributed by atoms with E-state index in [4.69, 9.17) is 5.73 Å². The maximum atomic E-state index is 12.0. The molecule has 0 unspecified atom stereocenters. The van der Waals surface area contributed by atoms with E-state index in [9.17, 15) is 22.8 Å². The molecule has 0 fully saturated rings. The molecule has 0 atom stereocenters. The van der Waals surface area contributed by atoms with Gasteiger partial charge in [0.1, 0.15) is 6.61 Å². The van der Waals surface area contributed by atoms with Gasteiger partial charge in [0.05, 0.1) is 0 Å². The van der Waals surface area contributed by atoms with E-state index in [1.807, 2.05) is 0 Å². The average molecular weight is 309 g/mol. The predicted octanol–water partition coefficient (Wildman–Crippen LogP) is 0.328. The molecule has 1 aromatic heterocycles. The van der Waals surface area contributed by atoms with Crippen LogP contribution < -0.4 is 17.0 Å². The Morgan fingerprint density at radius 2 is 1.90 bits per heavy atom. The SMILES string of the molecule is NCCCn1c(=O)ccn(CCCOCC(F)(F)F)c1=O. The van der Waals surface area contributed by atoms with E-state index >= 15 is 0 Å². The van der Waals surface area contributed by atoms with E-state index in [1.165, 1.54) is 16.8 Å². The monoisotopic (exact) mass is 309 g/mol. The Bertz CT molecular complexity index is 551. The van der Waals surface area contributed by atoms with Crippen molar-refractivity contribution in [3.05, 3.63) is 33.1 Å². The number of aromatic nitrogens is 2. The van der Waals surface area contributed by atoms with Gasteiger partial charge in [0, 0.05) is 32.0 Å². The highest BCUT2D eigenvalue weighted by atomic mass is 19.4. The standard InChI is InChI=1S/C12H18F3N3O3/c13-12(14,15)9-21-8-2-5-17-7-3-10(19)18(11(17)20)6-1-4-16/h3,7H,1-2,4-6,8-9,16H2. The molecule has 6 nitrogen and oxygen atoms in total. The number of hydrogen-bond donors (Lipinski definition) is 1. The molecule has 21 heavy (non-hydrogen) atoms. The Labute approximate surface area is 118 Å². The third-order valence-electron chi connectivity index (χ3n) is 2.68. The molecule has 0 spiro atoms. The molecule has 0 radical (unpaired) electrons. The minimum atomic E-state index is -4.35. The molecule has 0 aromatic carbocycles. The third kappa shape index (κ3) is 6.13. The number of nitrogens with two attached hydrogens (primary N) is 1. The summed E-state index contributed by atoms with van der Waals surface area (Å²) >= 11 is 0. The molecule has 0 saturated heterocycles. The van der Waals surface area contributed by atoms with Crippen molar-refractivity contribution in [3.8, 4) is 0 Å². The zero-order valence-corrected chi connectivity index (χ0v) is 11.4. The minimum absolute atomic E-state index is 0.117. The summed E-state index contributed by atoms with van der Waals surface area (Å²) in [4.78, 5) is 23.5. The van der Waals surface area contributed by atoms with Crippen LogP contribution in [0.2, 0.25) is 0 Å². The highest BCUT2D eigenvalue weighted by Gasteiger charge is 2.27. The first kappa shape index (κ1) is 17.4. The first-order chi connectivity index (χ1) is 9.85. The van der Waals surface area contributed by atoms with Crippen molar-refractivity contribution in [2.24, 2.45) is 5.73 Å². The maximum Gasteiger partial charge on any atom is 0.411 e. The lowest BCUT2D eigenvalue weighted by molar-refractivity contribution is -0.174. The van der Waals surface area contributed by atoms with Crippen LogP contribution in [-0.2, 0) is 17.8 Å². The van der Waals surface area contributed by atoms with E-state index in [2.05, 4.69) is 4.74 Å². The zero-order chi connectivity index (χ0) is 15.9. The fourth-order valence-corrected chi connectivity index (χ4v) is 1.71. The molecule has 0 aliphatic carbocycles. The largest absolute Gasteiger partial charge is 0.411 e. The molecule has 1 heterocycles. The summed E-state index contributed by atoms with van der Waals surface area (Å²) in [6.07, 6.45) is -2.29. The van der Waals surface area contributed by atoms with E-state index in [0.29, 0.717) is 13.0 Å². The molecule has 0 aliphatic rings. The van der Waals surface area contributed by atoms with Crippen LogP contribution in [0.15, 0.2) is 21.9 Å². The van der Waals surface area contributed by atoms with Gasteiger partial charge in [-0.25, -0.2) is 4.79 Å². The van der Waals surface area contributed by atoms with Crippen LogP contribution in [0.5, 0.6) is 0 Å². The lowest BCUT2D eigenvalue weighted by Crippen LogP contribution is -2.39. The molecule has 1 aromatic rings. The molecule has 0 bridgehead atoms. The number of nitrogens with zero attached hydrogens (tertiary/aromatic N) is 2. The normalized spacial score (nSPS) is 11.8. The van der Waals surface area contributed by atoms with Gasteiger partial charge in [0.2, 0.25) is 0 Å². The van der Waals surface area contributed by atoms with Crippen molar-refractivity contribution in [2.45, 2.75) is 32.1 Å². The van der Waals surface area contributed by atoms with E-state index in [0.717, 1.165) is 4.57 Å². The van der Waals surface area contributed by atoms with Crippen molar-refractivity contribution in [2.75, 3.05) is 19.8 Å². The maximum absolute atomic E-state index is 12.0. The molecule has 0 saturated carbocycles. The quantitative estimate of drug-likeness (QED) is 0.702. The predicted molar refractivity (Wildman–Crippen MR) is 70.1 cm³/mol. The number of rotatable bonds is 8. The second-order valence-corrected chi connectivity index (χ2v) is 4.45. The van der Waals surface area contributed by atoms with Crippen LogP contribution in [0, 0.1) is 0 Å². The van der Waals surface area contributed by atoms with Gasteiger partial charge in [0.15, 0.2) is 0 Å². The number of halogens is 3. The average Bonchev–Trinajstić information content (AvgIpc) is 2.39. The number of ether oxygens (including phenoxy) is 1.